The van der Waals surface area contributed by atoms with Crippen LogP contribution in [0.3, 0.4) is 0 Å². The van der Waals surface area contributed by atoms with Crippen molar-refractivity contribution in [1.29, 1.82) is 0 Å². The van der Waals surface area contributed by atoms with Crippen molar-refractivity contribution in [2.75, 3.05) is 26.1 Å². The summed E-state index contributed by atoms with van der Waals surface area (Å²) in [7, 11) is 5.65. The Hall–Kier alpha value is -3.42. The monoisotopic (exact) mass is 552 g/mol. The van der Waals surface area contributed by atoms with Crippen molar-refractivity contribution in [3.63, 3.8) is 0 Å². The van der Waals surface area contributed by atoms with Crippen molar-refractivity contribution >= 4 is 29.3 Å². The molecule has 1 heterocycles. The van der Waals surface area contributed by atoms with E-state index in [1.54, 1.807) is 42.3 Å². The molecular weight excluding hydrogens is 528 g/mol. The van der Waals surface area contributed by atoms with Crippen LogP contribution in [0.5, 0.6) is 5.75 Å². The van der Waals surface area contributed by atoms with Gasteiger partial charge in [-0.15, -0.1) is 4.68 Å². The molecule has 180 valence electrons. The number of imidazole rings is 1. The van der Waals surface area contributed by atoms with Crippen LogP contribution in [0.4, 0.5) is 5.69 Å². The molecule has 0 fully saturated rings. The highest BCUT2D eigenvalue weighted by Crippen LogP contribution is 2.21. The fourth-order valence-corrected chi connectivity index (χ4v) is 3.67. The van der Waals surface area contributed by atoms with E-state index in [2.05, 4.69) is 10.0 Å². The molecule has 0 saturated carbocycles. The molecule has 1 aromatic heterocycles. The van der Waals surface area contributed by atoms with Gasteiger partial charge >= 0.3 is 5.82 Å². The molecule has 0 aliphatic carbocycles. The highest BCUT2D eigenvalue weighted by atomic mass is 79.9. The van der Waals surface area contributed by atoms with Crippen molar-refractivity contribution < 1.29 is 31.2 Å². The molecule has 0 atom stereocenters. The Bertz CT molecular complexity index is 1300. The molecule has 4 aromatic rings. The van der Waals surface area contributed by atoms with E-state index < -0.39 is 0 Å². The predicted octanol–water partition coefficient (Wildman–Crippen LogP) is 1.94. The van der Waals surface area contributed by atoms with Crippen molar-refractivity contribution in [1.82, 2.24) is 4.57 Å². The second kappa shape index (κ2) is 11.8. The minimum atomic E-state index is -0.0163. The molecule has 3 aromatic carbocycles. The Kier molecular flexibility index (Phi) is 8.84. The Labute approximate surface area is 220 Å². The van der Waals surface area contributed by atoms with Crippen molar-refractivity contribution in [3.8, 4) is 17.1 Å². The summed E-state index contributed by atoms with van der Waals surface area (Å²) in [6.07, 6.45) is 5.51. The van der Waals surface area contributed by atoms with Crippen LogP contribution >= 0.6 is 11.6 Å². The summed E-state index contributed by atoms with van der Waals surface area (Å²) in [6.45, 7) is 0.170. The highest BCUT2D eigenvalue weighted by Gasteiger charge is 2.22. The summed E-state index contributed by atoms with van der Waals surface area (Å²) in [5, 5.41) is 5.28. The Morgan fingerprint density at radius 1 is 1.03 bits per heavy atom. The minimum Gasteiger partial charge on any atom is -1.00 e. The Morgan fingerprint density at radius 3 is 2.29 bits per heavy atom. The Balaban J connectivity index is 0.00000342. The average molecular weight is 554 g/mol. The van der Waals surface area contributed by atoms with Crippen molar-refractivity contribution in [3.05, 3.63) is 101 Å². The first kappa shape index (κ1) is 26.2. The molecule has 0 spiro atoms. The molecule has 0 aliphatic heterocycles. The first-order valence-electron chi connectivity index (χ1n) is 10.8. The maximum atomic E-state index is 12.9. The number of halogens is 2. The van der Waals surface area contributed by atoms with Gasteiger partial charge < -0.3 is 26.6 Å². The minimum absolute atomic E-state index is 0. The van der Waals surface area contributed by atoms with Crippen LogP contribution in [-0.2, 0) is 6.54 Å². The normalized spacial score (nSPS) is 10.7. The van der Waals surface area contributed by atoms with Gasteiger partial charge in [-0.25, -0.2) is 4.57 Å². The van der Waals surface area contributed by atoms with Gasteiger partial charge in [0.15, 0.2) is 12.7 Å². The lowest BCUT2D eigenvalue weighted by atomic mass is 10.1. The molecule has 0 radical (unpaired) electrons. The number of rotatable bonds is 8. The summed E-state index contributed by atoms with van der Waals surface area (Å²) < 4.78 is 8.97. The fraction of sp³-hybridized carbons (Fsp3) is 0.148. The number of methoxy groups -OCH3 is 1. The van der Waals surface area contributed by atoms with Gasteiger partial charge in [0.25, 0.3) is 0 Å². The van der Waals surface area contributed by atoms with Gasteiger partial charge in [0, 0.05) is 30.4 Å². The molecule has 4 rings (SSSR count). The number of benzene rings is 3. The lowest BCUT2D eigenvalue weighted by Gasteiger charge is -2.11. The van der Waals surface area contributed by atoms with Gasteiger partial charge in [-0.3, -0.25) is 4.79 Å². The van der Waals surface area contributed by atoms with Gasteiger partial charge in [0.2, 0.25) is 5.78 Å². The van der Waals surface area contributed by atoms with Crippen molar-refractivity contribution in [2.45, 2.75) is 6.54 Å². The number of ether oxygens (including phenoxy) is 1. The third kappa shape index (κ3) is 6.38. The fourth-order valence-electron chi connectivity index (χ4n) is 3.54. The van der Waals surface area contributed by atoms with E-state index in [1.165, 1.54) is 0 Å². The lowest BCUT2D eigenvalue weighted by molar-refractivity contribution is -0.666. The number of hydrogen-bond donors (Lipinski definition) is 0. The summed E-state index contributed by atoms with van der Waals surface area (Å²) >= 11 is 5.97. The number of hydrogen-bond acceptors (Lipinski definition) is 4. The smallest absolute Gasteiger partial charge is 0.314 e. The summed E-state index contributed by atoms with van der Waals surface area (Å²) in [5.41, 5.74) is 3.61. The van der Waals surface area contributed by atoms with Crippen LogP contribution in [0.2, 0.25) is 5.02 Å². The molecule has 6 nitrogen and oxygen atoms in total. The third-order valence-corrected chi connectivity index (χ3v) is 5.70. The van der Waals surface area contributed by atoms with E-state index in [0.29, 0.717) is 10.6 Å². The topological polar surface area (TPSA) is 50.7 Å². The van der Waals surface area contributed by atoms with Crippen LogP contribution in [0.15, 0.2) is 90.3 Å². The SMILES string of the molecule is COc1ccc(-c2n(CC(=O)c3ccc(Cl)cc3)cc[n+]2N=Cc2ccc(N(C)C)cc2)cc1.[Br-]. The number of aromatic nitrogens is 2. The molecule has 35 heavy (non-hydrogen) atoms. The van der Waals surface area contributed by atoms with Gasteiger partial charge in [-0.05, 0) is 66.2 Å². The zero-order valence-electron chi connectivity index (χ0n) is 19.7. The zero-order valence-corrected chi connectivity index (χ0v) is 22.1. The number of anilines is 1. The van der Waals surface area contributed by atoms with Gasteiger partial charge in [-0.1, -0.05) is 28.8 Å². The second-order valence-electron chi connectivity index (χ2n) is 7.98. The van der Waals surface area contributed by atoms with E-state index in [1.807, 2.05) is 79.6 Å². The molecular formula is C27H26BrClN4O2. The molecule has 0 saturated heterocycles. The number of Topliss-reactive ketones (excluding diaryl/α,β-unsaturated/α-hetero) is 1. The van der Waals surface area contributed by atoms with Gasteiger partial charge in [-0.2, -0.15) is 0 Å². The molecule has 0 amide bonds. The van der Waals surface area contributed by atoms with E-state index in [-0.39, 0.29) is 29.3 Å². The van der Waals surface area contributed by atoms with Gasteiger partial charge in [0.1, 0.15) is 11.9 Å². The molecule has 0 N–H and O–H groups in total. The van der Waals surface area contributed by atoms with Crippen LogP contribution < -0.4 is 31.3 Å². The highest BCUT2D eigenvalue weighted by molar-refractivity contribution is 6.30. The number of carbonyl (C=O) groups is 1. The standard InChI is InChI=1S/C27H26ClN4O2.BrH/c1-30(2)24-12-4-20(5-13-24)18-29-32-17-16-31(19-26(33)21-6-10-23(28)11-7-21)27(32)22-8-14-25(34-3)15-9-22;/h4-18H,19H2,1-3H3;1H/q+1;/p-1. The first-order chi connectivity index (χ1) is 16.4. The second-order valence-corrected chi connectivity index (χ2v) is 8.42. The number of ketones is 1. The maximum Gasteiger partial charge on any atom is 0.314 e. The van der Waals surface area contributed by atoms with Gasteiger partial charge in [0.05, 0.1) is 18.9 Å². The first-order valence-corrected chi connectivity index (χ1v) is 11.2. The molecule has 0 bridgehead atoms. The largest absolute Gasteiger partial charge is 1.00 e. The quantitative estimate of drug-likeness (QED) is 0.190. The van der Waals surface area contributed by atoms with Crippen LogP contribution in [0.25, 0.3) is 11.4 Å². The lowest BCUT2D eigenvalue weighted by Crippen LogP contribution is -3.00. The summed E-state index contributed by atoms with van der Waals surface area (Å²) in [4.78, 5) is 15.0. The van der Waals surface area contributed by atoms with E-state index in [4.69, 9.17) is 16.3 Å². The molecule has 0 unspecified atom stereocenters. The zero-order chi connectivity index (χ0) is 24.1. The third-order valence-electron chi connectivity index (χ3n) is 5.45. The van der Waals surface area contributed by atoms with E-state index in [9.17, 15) is 4.79 Å². The van der Waals surface area contributed by atoms with Crippen LogP contribution in [0.1, 0.15) is 15.9 Å². The van der Waals surface area contributed by atoms with Crippen molar-refractivity contribution in [2.24, 2.45) is 5.10 Å². The Morgan fingerprint density at radius 2 is 1.69 bits per heavy atom. The van der Waals surface area contributed by atoms with Crippen LogP contribution in [-0.4, -0.2) is 37.8 Å². The molecule has 8 heteroatoms. The summed E-state index contributed by atoms with van der Waals surface area (Å²) in [5.74, 6) is 1.53. The average Bonchev–Trinajstić information content (AvgIpc) is 3.25. The predicted molar refractivity (Wildman–Crippen MR) is 136 cm³/mol. The number of carbonyl (C=O) groups excluding carboxylic acids is 1. The molecule has 0 aliphatic rings. The summed E-state index contributed by atoms with van der Waals surface area (Å²) in [6, 6.07) is 22.8. The van der Waals surface area contributed by atoms with E-state index in [0.717, 1.165) is 28.4 Å². The maximum absolute atomic E-state index is 12.9. The van der Waals surface area contributed by atoms with Crippen LogP contribution in [0, 0.1) is 0 Å². The number of nitrogens with zero attached hydrogens (tertiary/aromatic N) is 4. The van der Waals surface area contributed by atoms with E-state index >= 15 is 0 Å².